The second kappa shape index (κ2) is 5.71. The van der Waals surface area contributed by atoms with Gasteiger partial charge in [0.1, 0.15) is 0 Å². The van der Waals surface area contributed by atoms with Crippen LogP contribution in [0.3, 0.4) is 0 Å². The number of benzene rings is 1. The molecule has 0 spiro atoms. The summed E-state index contributed by atoms with van der Waals surface area (Å²) in [6, 6.07) is 5.94. The van der Waals surface area contributed by atoms with Gasteiger partial charge in [-0.05, 0) is 27.6 Å². The van der Waals surface area contributed by atoms with Crippen molar-refractivity contribution >= 4 is 27.5 Å². The maximum Gasteiger partial charge on any atom is 0.219 e. The van der Waals surface area contributed by atoms with E-state index in [1.54, 1.807) is 6.92 Å². The number of amides is 1. The summed E-state index contributed by atoms with van der Waals surface area (Å²) in [6.45, 7) is 5.97. The standard InChI is InChI=1S/C13H18BrN3O/c1-10(18)17-7-5-16(6-8-17)9-11-3-2-4-12(15)13(11)14/h2-4H,5-9,15H2,1H3. The molecule has 0 atom stereocenters. The zero-order chi connectivity index (χ0) is 13.1. The summed E-state index contributed by atoms with van der Waals surface area (Å²) in [4.78, 5) is 15.5. The second-order valence-corrected chi connectivity index (χ2v) is 5.40. The number of hydrogen-bond donors (Lipinski definition) is 1. The van der Waals surface area contributed by atoms with E-state index in [9.17, 15) is 4.79 Å². The number of nitrogen functional groups attached to an aromatic ring is 1. The first-order chi connectivity index (χ1) is 8.58. The summed E-state index contributed by atoms with van der Waals surface area (Å²) in [7, 11) is 0. The van der Waals surface area contributed by atoms with Crippen LogP contribution in [0.2, 0.25) is 0 Å². The molecule has 0 unspecified atom stereocenters. The number of halogens is 1. The Hall–Kier alpha value is -1.07. The number of piperazine rings is 1. The van der Waals surface area contributed by atoms with E-state index >= 15 is 0 Å². The molecular formula is C13H18BrN3O. The zero-order valence-electron chi connectivity index (χ0n) is 10.5. The Morgan fingerprint density at radius 3 is 2.61 bits per heavy atom. The molecule has 98 valence electrons. The number of nitrogens with zero attached hydrogens (tertiary/aromatic N) is 2. The van der Waals surface area contributed by atoms with Crippen LogP contribution in [0.1, 0.15) is 12.5 Å². The molecule has 0 aliphatic carbocycles. The van der Waals surface area contributed by atoms with Gasteiger partial charge in [0.05, 0.1) is 0 Å². The Morgan fingerprint density at radius 2 is 2.00 bits per heavy atom. The second-order valence-electron chi connectivity index (χ2n) is 4.60. The van der Waals surface area contributed by atoms with E-state index in [4.69, 9.17) is 5.73 Å². The summed E-state index contributed by atoms with van der Waals surface area (Å²) in [5.41, 5.74) is 7.84. The van der Waals surface area contributed by atoms with Gasteiger partial charge < -0.3 is 10.6 Å². The average molecular weight is 312 g/mol. The molecule has 1 saturated heterocycles. The van der Waals surface area contributed by atoms with Gasteiger partial charge in [-0.2, -0.15) is 0 Å². The quantitative estimate of drug-likeness (QED) is 0.846. The number of carbonyl (C=O) groups is 1. The lowest BCUT2D eigenvalue weighted by Gasteiger charge is -2.34. The fourth-order valence-corrected chi connectivity index (χ4v) is 2.57. The lowest BCUT2D eigenvalue weighted by atomic mass is 10.1. The van der Waals surface area contributed by atoms with E-state index < -0.39 is 0 Å². The number of anilines is 1. The summed E-state index contributed by atoms with van der Waals surface area (Å²) < 4.78 is 0.985. The predicted molar refractivity (Wildman–Crippen MR) is 76.1 cm³/mol. The van der Waals surface area contributed by atoms with Crippen LogP contribution >= 0.6 is 15.9 Å². The van der Waals surface area contributed by atoms with Gasteiger partial charge in [0.15, 0.2) is 0 Å². The fraction of sp³-hybridized carbons (Fsp3) is 0.462. The highest BCUT2D eigenvalue weighted by atomic mass is 79.9. The third-order valence-electron chi connectivity index (χ3n) is 3.32. The predicted octanol–water partition coefficient (Wildman–Crippen LogP) is 1.70. The van der Waals surface area contributed by atoms with Crippen LogP contribution in [0.25, 0.3) is 0 Å². The lowest BCUT2D eigenvalue weighted by Crippen LogP contribution is -2.47. The molecule has 5 heteroatoms. The van der Waals surface area contributed by atoms with Gasteiger partial charge in [-0.15, -0.1) is 0 Å². The summed E-state index contributed by atoms with van der Waals surface area (Å²) in [6.07, 6.45) is 0. The Morgan fingerprint density at radius 1 is 1.33 bits per heavy atom. The Kier molecular flexibility index (Phi) is 4.24. The Labute approximate surface area is 116 Å². The highest BCUT2D eigenvalue weighted by molar-refractivity contribution is 9.10. The molecule has 18 heavy (non-hydrogen) atoms. The molecule has 4 nitrogen and oxygen atoms in total. The summed E-state index contributed by atoms with van der Waals surface area (Å²) in [5.74, 6) is 0.166. The first kappa shape index (κ1) is 13.4. The molecule has 1 fully saturated rings. The van der Waals surface area contributed by atoms with E-state index in [0.29, 0.717) is 0 Å². The maximum absolute atomic E-state index is 11.2. The van der Waals surface area contributed by atoms with Crippen molar-refractivity contribution in [2.24, 2.45) is 0 Å². The van der Waals surface area contributed by atoms with Crippen molar-refractivity contribution in [2.45, 2.75) is 13.5 Å². The minimum atomic E-state index is 0.166. The number of rotatable bonds is 2. The Bertz CT molecular complexity index is 442. The highest BCUT2D eigenvalue weighted by Crippen LogP contribution is 2.25. The van der Waals surface area contributed by atoms with Crippen molar-refractivity contribution in [3.63, 3.8) is 0 Å². The van der Waals surface area contributed by atoms with E-state index in [-0.39, 0.29) is 5.91 Å². The topological polar surface area (TPSA) is 49.6 Å². The van der Waals surface area contributed by atoms with Crippen molar-refractivity contribution < 1.29 is 4.79 Å². The van der Waals surface area contributed by atoms with Crippen LogP contribution in [-0.2, 0) is 11.3 Å². The molecule has 2 rings (SSSR count). The minimum Gasteiger partial charge on any atom is -0.398 e. The van der Waals surface area contributed by atoms with Crippen molar-refractivity contribution in [2.75, 3.05) is 31.9 Å². The molecular weight excluding hydrogens is 294 g/mol. The number of hydrogen-bond acceptors (Lipinski definition) is 3. The first-order valence-corrected chi connectivity index (χ1v) is 6.88. The molecule has 1 heterocycles. The third-order valence-corrected chi connectivity index (χ3v) is 4.29. The zero-order valence-corrected chi connectivity index (χ0v) is 12.1. The van der Waals surface area contributed by atoms with Gasteiger partial charge in [-0.1, -0.05) is 12.1 Å². The molecule has 1 aromatic rings. The van der Waals surface area contributed by atoms with Gasteiger partial charge >= 0.3 is 0 Å². The van der Waals surface area contributed by atoms with Crippen LogP contribution < -0.4 is 5.73 Å². The molecule has 2 N–H and O–H groups in total. The molecule has 1 aromatic carbocycles. The Balaban J connectivity index is 1.96. The molecule has 1 aliphatic heterocycles. The fourth-order valence-electron chi connectivity index (χ4n) is 2.18. The highest BCUT2D eigenvalue weighted by Gasteiger charge is 2.19. The monoisotopic (exact) mass is 311 g/mol. The number of carbonyl (C=O) groups excluding carboxylic acids is 1. The van der Waals surface area contributed by atoms with Gasteiger partial charge in [0, 0.05) is 49.8 Å². The third kappa shape index (κ3) is 3.03. The molecule has 0 bridgehead atoms. The van der Waals surface area contributed by atoms with Crippen LogP contribution in [0.15, 0.2) is 22.7 Å². The average Bonchev–Trinajstić information content (AvgIpc) is 2.36. The van der Waals surface area contributed by atoms with Crippen LogP contribution in [0.5, 0.6) is 0 Å². The molecule has 0 saturated carbocycles. The largest absolute Gasteiger partial charge is 0.398 e. The number of nitrogens with two attached hydrogens (primary N) is 1. The maximum atomic E-state index is 11.2. The van der Waals surface area contributed by atoms with E-state index in [1.165, 1.54) is 5.56 Å². The summed E-state index contributed by atoms with van der Waals surface area (Å²) >= 11 is 3.53. The van der Waals surface area contributed by atoms with Crippen LogP contribution in [-0.4, -0.2) is 41.9 Å². The van der Waals surface area contributed by atoms with Crippen molar-refractivity contribution in [3.8, 4) is 0 Å². The lowest BCUT2D eigenvalue weighted by molar-refractivity contribution is -0.130. The molecule has 0 aromatic heterocycles. The van der Waals surface area contributed by atoms with Gasteiger partial charge in [-0.25, -0.2) is 0 Å². The molecule has 1 aliphatic rings. The van der Waals surface area contributed by atoms with E-state index in [2.05, 4.69) is 26.9 Å². The SMILES string of the molecule is CC(=O)N1CCN(Cc2cccc(N)c2Br)CC1. The summed E-state index contributed by atoms with van der Waals surface area (Å²) in [5, 5.41) is 0. The first-order valence-electron chi connectivity index (χ1n) is 6.08. The van der Waals surface area contributed by atoms with Crippen molar-refractivity contribution in [3.05, 3.63) is 28.2 Å². The molecule has 1 amide bonds. The minimum absolute atomic E-state index is 0.166. The smallest absolute Gasteiger partial charge is 0.219 e. The van der Waals surface area contributed by atoms with Gasteiger partial charge in [0.25, 0.3) is 0 Å². The van der Waals surface area contributed by atoms with Crippen molar-refractivity contribution in [1.82, 2.24) is 9.80 Å². The van der Waals surface area contributed by atoms with E-state index in [1.807, 2.05) is 17.0 Å². The van der Waals surface area contributed by atoms with Crippen LogP contribution in [0, 0.1) is 0 Å². The van der Waals surface area contributed by atoms with Gasteiger partial charge in [-0.3, -0.25) is 9.69 Å². The molecule has 0 radical (unpaired) electrons. The van der Waals surface area contributed by atoms with E-state index in [0.717, 1.165) is 42.9 Å². The normalized spacial score (nSPS) is 16.9. The van der Waals surface area contributed by atoms with Crippen LogP contribution in [0.4, 0.5) is 5.69 Å². The van der Waals surface area contributed by atoms with Crippen molar-refractivity contribution in [1.29, 1.82) is 0 Å². The van der Waals surface area contributed by atoms with Gasteiger partial charge in [0.2, 0.25) is 5.91 Å².